The Bertz CT molecular complexity index is 487. The molecule has 1 atom stereocenters. The van der Waals surface area contributed by atoms with Crippen LogP contribution in [-0.2, 0) is 9.59 Å². The first-order valence-electron chi connectivity index (χ1n) is 5.18. The molecule has 1 aliphatic heterocycles. The first-order valence-corrected chi connectivity index (χ1v) is 5.97. The van der Waals surface area contributed by atoms with Gasteiger partial charge < -0.3 is 4.74 Å². The number of likely N-dealkylation sites (tertiary alicyclic amines) is 1. The monoisotopic (exact) mass is 297 g/mol. The van der Waals surface area contributed by atoms with Crippen molar-refractivity contribution < 1.29 is 14.3 Å². The average molecular weight is 298 g/mol. The summed E-state index contributed by atoms with van der Waals surface area (Å²) < 4.78 is 6.09. The SMILES string of the molecule is COc1ccc(Br)cc1C1CC(=O)N(C)C1=O. The molecule has 0 aliphatic carbocycles. The van der Waals surface area contributed by atoms with Gasteiger partial charge in [0.2, 0.25) is 11.8 Å². The van der Waals surface area contributed by atoms with Gasteiger partial charge in [0, 0.05) is 23.5 Å². The van der Waals surface area contributed by atoms with Crippen LogP contribution in [0.5, 0.6) is 5.75 Å². The molecule has 5 heteroatoms. The van der Waals surface area contributed by atoms with E-state index in [0.717, 1.165) is 10.0 Å². The number of carbonyl (C=O) groups excluding carboxylic acids is 2. The smallest absolute Gasteiger partial charge is 0.237 e. The lowest BCUT2D eigenvalue weighted by atomic mass is 9.96. The van der Waals surface area contributed by atoms with Crippen LogP contribution in [0, 0.1) is 0 Å². The lowest BCUT2D eigenvalue weighted by Gasteiger charge is -2.13. The molecule has 0 bridgehead atoms. The Labute approximate surface area is 108 Å². The third-order valence-corrected chi connectivity index (χ3v) is 3.44. The lowest BCUT2D eigenvalue weighted by Crippen LogP contribution is -2.25. The van der Waals surface area contributed by atoms with E-state index in [1.54, 1.807) is 13.2 Å². The zero-order chi connectivity index (χ0) is 12.6. The molecule has 1 unspecified atom stereocenters. The molecular weight excluding hydrogens is 286 g/mol. The molecule has 1 aromatic rings. The summed E-state index contributed by atoms with van der Waals surface area (Å²) in [6, 6.07) is 5.45. The van der Waals surface area contributed by atoms with E-state index < -0.39 is 5.92 Å². The fourth-order valence-electron chi connectivity index (χ4n) is 1.98. The minimum Gasteiger partial charge on any atom is -0.496 e. The zero-order valence-electron chi connectivity index (χ0n) is 9.57. The molecule has 1 heterocycles. The Morgan fingerprint density at radius 3 is 2.65 bits per heavy atom. The Morgan fingerprint density at radius 2 is 2.12 bits per heavy atom. The van der Waals surface area contributed by atoms with Crippen LogP contribution >= 0.6 is 15.9 Å². The molecule has 0 radical (unpaired) electrons. The Kier molecular flexibility index (Phi) is 3.19. The fraction of sp³-hybridized carbons (Fsp3) is 0.333. The van der Waals surface area contributed by atoms with E-state index in [0.29, 0.717) is 5.75 Å². The zero-order valence-corrected chi connectivity index (χ0v) is 11.2. The normalized spacial score (nSPS) is 19.9. The third kappa shape index (κ3) is 2.07. The maximum Gasteiger partial charge on any atom is 0.237 e. The highest BCUT2D eigenvalue weighted by Gasteiger charge is 2.38. The van der Waals surface area contributed by atoms with E-state index in [2.05, 4.69) is 15.9 Å². The largest absolute Gasteiger partial charge is 0.496 e. The van der Waals surface area contributed by atoms with Crippen molar-refractivity contribution in [1.82, 2.24) is 4.90 Å². The molecule has 2 rings (SSSR count). The van der Waals surface area contributed by atoms with E-state index >= 15 is 0 Å². The van der Waals surface area contributed by atoms with Gasteiger partial charge in [-0.15, -0.1) is 0 Å². The van der Waals surface area contributed by atoms with Gasteiger partial charge in [-0.1, -0.05) is 15.9 Å². The molecule has 0 saturated carbocycles. The number of hydrogen-bond donors (Lipinski definition) is 0. The highest BCUT2D eigenvalue weighted by atomic mass is 79.9. The molecular formula is C12H12BrNO3. The first kappa shape index (κ1) is 12.1. The van der Waals surface area contributed by atoms with Crippen molar-refractivity contribution in [3.63, 3.8) is 0 Å². The summed E-state index contributed by atoms with van der Waals surface area (Å²) in [7, 11) is 3.06. The maximum atomic E-state index is 11.9. The number of imide groups is 1. The van der Waals surface area contributed by atoms with Crippen molar-refractivity contribution in [3.8, 4) is 5.75 Å². The van der Waals surface area contributed by atoms with Crippen LogP contribution in [0.15, 0.2) is 22.7 Å². The second-order valence-electron chi connectivity index (χ2n) is 3.93. The third-order valence-electron chi connectivity index (χ3n) is 2.95. The van der Waals surface area contributed by atoms with Crippen LogP contribution < -0.4 is 4.74 Å². The van der Waals surface area contributed by atoms with Crippen molar-refractivity contribution in [2.75, 3.05) is 14.2 Å². The molecule has 1 aliphatic rings. The van der Waals surface area contributed by atoms with Gasteiger partial charge in [-0.3, -0.25) is 14.5 Å². The molecule has 0 aromatic heterocycles. The minimum absolute atomic E-state index is 0.151. The lowest BCUT2D eigenvalue weighted by molar-refractivity contribution is -0.137. The molecule has 0 N–H and O–H groups in total. The Hall–Kier alpha value is -1.36. The van der Waals surface area contributed by atoms with Crippen LogP contribution in [0.25, 0.3) is 0 Å². The molecule has 90 valence electrons. The number of nitrogens with zero attached hydrogens (tertiary/aromatic N) is 1. The van der Waals surface area contributed by atoms with Gasteiger partial charge >= 0.3 is 0 Å². The summed E-state index contributed by atoms with van der Waals surface area (Å²) in [5.41, 5.74) is 0.754. The summed E-state index contributed by atoms with van der Waals surface area (Å²) in [5, 5.41) is 0. The quantitative estimate of drug-likeness (QED) is 0.784. The first-order chi connectivity index (χ1) is 8.04. The van der Waals surface area contributed by atoms with Gasteiger partial charge in [-0.05, 0) is 18.2 Å². The van der Waals surface area contributed by atoms with E-state index in [-0.39, 0.29) is 18.2 Å². The van der Waals surface area contributed by atoms with Crippen LogP contribution in [0.1, 0.15) is 17.9 Å². The standard InChI is InChI=1S/C12H12BrNO3/c1-14-11(15)6-9(12(14)16)8-5-7(13)3-4-10(8)17-2/h3-5,9H,6H2,1-2H3. The van der Waals surface area contributed by atoms with E-state index in [4.69, 9.17) is 4.74 Å². The summed E-state index contributed by atoms with van der Waals surface area (Å²) in [5.74, 6) is -0.122. The van der Waals surface area contributed by atoms with E-state index in [9.17, 15) is 9.59 Å². The van der Waals surface area contributed by atoms with Crippen molar-refractivity contribution in [3.05, 3.63) is 28.2 Å². The topological polar surface area (TPSA) is 46.6 Å². The predicted molar refractivity (Wildman–Crippen MR) is 65.8 cm³/mol. The predicted octanol–water partition coefficient (Wildman–Crippen LogP) is 1.93. The number of amides is 2. The number of hydrogen-bond acceptors (Lipinski definition) is 3. The van der Waals surface area contributed by atoms with Crippen molar-refractivity contribution in [2.45, 2.75) is 12.3 Å². The fourth-order valence-corrected chi connectivity index (χ4v) is 2.35. The van der Waals surface area contributed by atoms with Gasteiger partial charge in [-0.25, -0.2) is 0 Å². The summed E-state index contributed by atoms with van der Waals surface area (Å²) in [4.78, 5) is 24.6. The molecule has 4 nitrogen and oxygen atoms in total. The summed E-state index contributed by atoms with van der Waals surface area (Å²) in [6.45, 7) is 0. The van der Waals surface area contributed by atoms with E-state index in [1.807, 2.05) is 12.1 Å². The highest BCUT2D eigenvalue weighted by Crippen LogP contribution is 2.36. The number of rotatable bonds is 2. The Balaban J connectivity index is 2.44. The number of carbonyl (C=O) groups is 2. The molecule has 1 saturated heterocycles. The number of likely N-dealkylation sites (N-methyl/N-ethyl adjacent to an activating group) is 1. The minimum atomic E-state index is -0.431. The summed E-state index contributed by atoms with van der Waals surface area (Å²) >= 11 is 3.36. The number of benzene rings is 1. The Morgan fingerprint density at radius 1 is 1.41 bits per heavy atom. The van der Waals surface area contributed by atoms with Gasteiger partial charge in [0.25, 0.3) is 0 Å². The van der Waals surface area contributed by atoms with Gasteiger partial charge in [0.15, 0.2) is 0 Å². The molecule has 17 heavy (non-hydrogen) atoms. The molecule has 0 spiro atoms. The van der Waals surface area contributed by atoms with Gasteiger partial charge in [-0.2, -0.15) is 0 Å². The molecule has 2 amide bonds. The van der Waals surface area contributed by atoms with Crippen molar-refractivity contribution in [1.29, 1.82) is 0 Å². The van der Waals surface area contributed by atoms with Crippen molar-refractivity contribution in [2.24, 2.45) is 0 Å². The average Bonchev–Trinajstić information content (AvgIpc) is 2.57. The number of halogens is 1. The van der Waals surface area contributed by atoms with E-state index in [1.165, 1.54) is 11.9 Å². The summed E-state index contributed by atoms with van der Waals surface area (Å²) in [6.07, 6.45) is 0.210. The second kappa shape index (κ2) is 4.49. The van der Waals surface area contributed by atoms with Crippen LogP contribution in [0.4, 0.5) is 0 Å². The molecule has 1 aromatic carbocycles. The van der Waals surface area contributed by atoms with Gasteiger partial charge in [0.05, 0.1) is 13.0 Å². The highest BCUT2D eigenvalue weighted by molar-refractivity contribution is 9.10. The number of ether oxygens (including phenoxy) is 1. The molecule has 1 fully saturated rings. The van der Waals surface area contributed by atoms with Crippen LogP contribution in [-0.4, -0.2) is 30.9 Å². The van der Waals surface area contributed by atoms with Gasteiger partial charge in [0.1, 0.15) is 5.75 Å². The second-order valence-corrected chi connectivity index (χ2v) is 4.85. The van der Waals surface area contributed by atoms with Crippen LogP contribution in [0.3, 0.4) is 0 Å². The van der Waals surface area contributed by atoms with Crippen molar-refractivity contribution >= 4 is 27.7 Å². The maximum absolute atomic E-state index is 11.9. The number of methoxy groups -OCH3 is 1. The van der Waals surface area contributed by atoms with Crippen LogP contribution in [0.2, 0.25) is 0 Å².